The van der Waals surface area contributed by atoms with Crippen LogP contribution in [0.25, 0.3) is 0 Å². The predicted octanol–water partition coefficient (Wildman–Crippen LogP) is 4.32. The first-order valence-corrected chi connectivity index (χ1v) is 10.5. The van der Waals surface area contributed by atoms with Gasteiger partial charge >= 0.3 is 0 Å². The quantitative estimate of drug-likeness (QED) is 0.381. The van der Waals surface area contributed by atoms with Gasteiger partial charge in [0.25, 0.3) is 0 Å². The third-order valence-electron chi connectivity index (χ3n) is 4.87. The third-order valence-corrected chi connectivity index (χ3v) is 5.09. The van der Waals surface area contributed by atoms with Gasteiger partial charge in [0, 0.05) is 24.8 Å². The molecule has 1 aliphatic rings. The van der Waals surface area contributed by atoms with Crippen molar-refractivity contribution in [3.8, 4) is 11.5 Å². The molecule has 6 nitrogen and oxygen atoms in total. The molecule has 0 spiro atoms. The van der Waals surface area contributed by atoms with E-state index in [1.54, 1.807) is 19.4 Å². The monoisotopic (exact) mass is 416 g/mol. The van der Waals surface area contributed by atoms with Gasteiger partial charge in [-0.15, -0.1) is 0 Å². The number of benzene rings is 1. The molecule has 1 saturated carbocycles. The van der Waals surface area contributed by atoms with Crippen LogP contribution in [0.5, 0.6) is 11.5 Å². The van der Waals surface area contributed by atoms with E-state index in [1.165, 1.54) is 12.8 Å². The first-order chi connectivity index (χ1) is 14.2. The minimum absolute atomic E-state index is 0.268. The Balaban J connectivity index is 1.69. The minimum atomic E-state index is 0.268. The van der Waals surface area contributed by atoms with Crippen molar-refractivity contribution in [3.05, 3.63) is 52.8 Å². The number of hydrogen-bond acceptors (Lipinski definition) is 4. The number of aromatic nitrogens is 1. The first kappa shape index (κ1) is 21.2. The highest BCUT2D eigenvalue weighted by molar-refractivity contribution is 6.29. The van der Waals surface area contributed by atoms with E-state index in [-0.39, 0.29) is 6.10 Å². The summed E-state index contributed by atoms with van der Waals surface area (Å²) in [4.78, 5) is 8.74. The number of ether oxygens (including phenoxy) is 2. The Hall–Kier alpha value is -2.47. The van der Waals surface area contributed by atoms with Crippen molar-refractivity contribution in [1.82, 2.24) is 15.6 Å². The second-order valence-electron chi connectivity index (χ2n) is 7.01. The number of guanidine groups is 1. The third kappa shape index (κ3) is 6.26. The van der Waals surface area contributed by atoms with Crippen LogP contribution in [0, 0.1) is 0 Å². The lowest BCUT2D eigenvalue weighted by Gasteiger charge is -2.20. The number of aliphatic imine (C=N–C) groups is 1. The molecule has 0 aliphatic heterocycles. The molecule has 29 heavy (non-hydrogen) atoms. The van der Waals surface area contributed by atoms with Crippen LogP contribution in [0.1, 0.15) is 43.7 Å². The molecule has 0 atom stereocenters. The van der Waals surface area contributed by atoms with Crippen molar-refractivity contribution < 1.29 is 9.47 Å². The van der Waals surface area contributed by atoms with Crippen LogP contribution in [0.3, 0.4) is 0 Å². The van der Waals surface area contributed by atoms with Gasteiger partial charge in [0.1, 0.15) is 5.15 Å². The molecule has 1 fully saturated rings. The first-order valence-electron chi connectivity index (χ1n) is 10.1. The average Bonchev–Trinajstić information content (AvgIpc) is 3.25. The zero-order valence-electron chi connectivity index (χ0n) is 17.1. The second kappa shape index (κ2) is 10.9. The highest BCUT2D eigenvalue weighted by Gasteiger charge is 2.20. The zero-order chi connectivity index (χ0) is 20.5. The van der Waals surface area contributed by atoms with Crippen LogP contribution in [-0.2, 0) is 13.1 Å². The number of halogens is 1. The maximum atomic E-state index is 6.32. The topological polar surface area (TPSA) is 67.8 Å². The predicted molar refractivity (Wildman–Crippen MR) is 117 cm³/mol. The summed E-state index contributed by atoms with van der Waals surface area (Å²) in [5.74, 6) is 2.33. The molecule has 0 amide bonds. The van der Waals surface area contributed by atoms with Crippen molar-refractivity contribution in [1.29, 1.82) is 0 Å². The normalized spacial score (nSPS) is 14.7. The molecule has 2 aromatic rings. The smallest absolute Gasteiger partial charge is 0.191 e. The maximum absolute atomic E-state index is 6.32. The van der Waals surface area contributed by atoms with Gasteiger partial charge in [-0.25, -0.2) is 9.98 Å². The molecule has 1 aromatic heterocycles. The number of pyridine rings is 1. The molecule has 3 rings (SSSR count). The summed E-state index contributed by atoms with van der Waals surface area (Å²) < 4.78 is 11.9. The average molecular weight is 417 g/mol. The van der Waals surface area contributed by atoms with Crippen molar-refractivity contribution in [2.24, 2.45) is 4.99 Å². The fourth-order valence-corrected chi connectivity index (χ4v) is 3.47. The van der Waals surface area contributed by atoms with E-state index in [0.29, 0.717) is 18.2 Å². The van der Waals surface area contributed by atoms with Crippen LogP contribution < -0.4 is 20.1 Å². The maximum Gasteiger partial charge on any atom is 0.191 e. The number of methoxy groups -OCH3 is 1. The largest absolute Gasteiger partial charge is 0.493 e. The van der Waals surface area contributed by atoms with Crippen molar-refractivity contribution in [2.45, 2.75) is 51.8 Å². The SMILES string of the molecule is CCNC(=NCc1ccc(Cl)nc1)NCc1cccc(OC)c1OC1CCCC1. The van der Waals surface area contributed by atoms with E-state index in [4.69, 9.17) is 21.1 Å². The molecule has 2 N–H and O–H groups in total. The van der Waals surface area contributed by atoms with E-state index in [2.05, 4.69) is 26.7 Å². The number of hydrogen-bond donors (Lipinski definition) is 2. The van der Waals surface area contributed by atoms with Crippen molar-refractivity contribution >= 4 is 17.6 Å². The van der Waals surface area contributed by atoms with E-state index in [9.17, 15) is 0 Å². The van der Waals surface area contributed by atoms with Gasteiger partial charge in [0.05, 0.1) is 19.8 Å². The number of para-hydroxylation sites is 1. The van der Waals surface area contributed by atoms with Crippen LogP contribution in [0.4, 0.5) is 0 Å². The summed E-state index contributed by atoms with van der Waals surface area (Å²) in [6, 6.07) is 9.70. The molecular weight excluding hydrogens is 388 g/mol. The van der Waals surface area contributed by atoms with Crippen LogP contribution in [-0.4, -0.2) is 30.7 Å². The fraction of sp³-hybridized carbons (Fsp3) is 0.455. The van der Waals surface area contributed by atoms with Gasteiger partial charge in [-0.05, 0) is 50.3 Å². The Bertz CT molecular complexity index is 805. The standard InChI is InChI=1S/C22H29ClN4O2/c1-3-24-22(26-14-16-11-12-20(23)25-13-16)27-15-17-7-6-10-19(28-2)21(17)29-18-8-4-5-9-18/h6-7,10-13,18H,3-5,8-9,14-15H2,1-2H3,(H2,24,26,27). The van der Waals surface area contributed by atoms with E-state index in [1.807, 2.05) is 25.1 Å². The van der Waals surface area contributed by atoms with Gasteiger partial charge in [-0.2, -0.15) is 0 Å². The summed E-state index contributed by atoms with van der Waals surface area (Å²) in [5, 5.41) is 7.15. The number of nitrogens with zero attached hydrogens (tertiary/aromatic N) is 2. The van der Waals surface area contributed by atoms with Crippen molar-refractivity contribution in [3.63, 3.8) is 0 Å². The number of rotatable bonds is 8. The van der Waals surface area contributed by atoms with Crippen molar-refractivity contribution in [2.75, 3.05) is 13.7 Å². The summed E-state index contributed by atoms with van der Waals surface area (Å²) in [6.45, 7) is 3.92. The van der Waals surface area contributed by atoms with Crippen LogP contribution in [0.15, 0.2) is 41.5 Å². The molecule has 0 unspecified atom stereocenters. The van der Waals surface area contributed by atoms with Gasteiger partial charge < -0.3 is 20.1 Å². The zero-order valence-corrected chi connectivity index (χ0v) is 17.8. The van der Waals surface area contributed by atoms with Gasteiger partial charge in [0.15, 0.2) is 17.5 Å². The molecular formula is C22H29ClN4O2. The second-order valence-corrected chi connectivity index (χ2v) is 7.40. The summed E-state index contributed by atoms with van der Waals surface area (Å²) in [6.07, 6.45) is 6.66. The Morgan fingerprint density at radius 3 is 2.72 bits per heavy atom. The Kier molecular flexibility index (Phi) is 7.99. The summed E-state index contributed by atoms with van der Waals surface area (Å²) in [5.41, 5.74) is 2.05. The van der Waals surface area contributed by atoms with E-state index >= 15 is 0 Å². The highest BCUT2D eigenvalue weighted by Crippen LogP contribution is 2.34. The molecule has 0 bridgehead atoms. The van der Waals surface area contributed by atoms with Crippen LogP contribution in [0.2, 0.25) is 5.15 Å². The van der Waals surface area contributed by atoms with Crippen LogP contribution >= 0.6 is 11.6 Å². The summed E-state index contributed by atoms with van der Waals surface area (Å²) >= 11 is 5.85. The summed E-state index contributed by atoms with van der Waals surface area (Å²) in [7, 11) is 1.68. The fourth-order valence-electron chi connectivity index (χ4n) is 3.36. The Morgan fingerprint density at radius 2 is 2.03 bits per heavy atom. The lowest BCUT2D eigenvalue weighted by atomic mass is 10.1. The van der Waals surface area contributed by atoms with E-state index < -0.39 is 0 Å². The number of nitrogens with one attached hydrogen (secondary N) is 2. The van der Waals surface area contributed by atoms with Gasteiger partial charge in [-0.3, -0.25) is 0 Å². The van der Waals surface area contributed by atoms with Gasteiger partial charge in [0.2, 0.25) is 0 Å². The molecule has 1 heterocycles. The Morgan fingerprint density at radius 1 is 1.21 bits per heavy atom. The molecule has 0 radical (unpaired) electrons. The minimum Gasteiger partial charge on any atom is -0.493 e. The Labute approximate surface area is 177 Å². The molecule has 0 saturated heterocycles. The highest BCUT2D eigenvalue weighted by atomic mass is 35.5. The molecule has 1 aromatic carbocycles. The molecule has 1 aliphatic carbocycles. The molecule has 7 heteroatoms. The lowest BCUT2D eigenvalue weighted by Crippen LogP contribution is -2.37. The molecule has 156 valence electrons. The lowest BCUT2D eigenvalue weighted by molar-refractivity contribution is 0.198. The van der Waals surface area contributed by atoms with Gasteiger partial charge in [-0.1, -0.05) is 29.8 Å². The van der Waals surface area contributed by atoms with E-state index in [0.717, 1.165) is 48.0 Å².